The largest absolute Gasteiger partial charge is 0.318 e. The number of carbonyl (C=O) groups excluding carboxylic acids is 1. The van der Waals surface area contributed by atoms with Crippen LogP contribution in [-0.4, -0.2) is 45.5 Å². The van der Waals surface area contributed by atoms with E-state index in [1.165, 1.54) is 0 Å². The van der Waals surface area contributed by atoms with Crippen LogP contribution < -0.4 is 0 Å². The van der Waals surface area contributed by atoms with Crippen molar-refractivity contribution < 1.29 is 13.2 Å². The summed E-state index contributed by atoms with van der Waals surface area (Å²) in [4.78, 5) is 16.5. The van der Waals surface area contributed by atoms with Crippen molar-refractivity contribution in [2.45, 2.75) is 13.8 Å². The van der Waals surface area contributed by atoms with E-state index in [2.05, 4.69) is 10.1 Å². The van der Waals surface area contributed by atoms with E-state index in [4.69, 9.17) is 17.0 Å². The van der Waals surface area contributed by atoms with E-state index in [1.807, 2.05) is 36.6 Å². The number of aryl methyl sites for hydroxylation is 1. The fourth-order valence-electron chi connectivity index (χ4n) is 3.20. The molecule has 1 N–H and O–H groups in total. The fraction of sp³-hybridized carbons (Fsp3) is 0.158. The molecule has 0 spiro atoms. The van der Waals surface area contributed by atoms with Crippen LogP contribution in [0.1, 0.15) is 17.0 Å². The average Bonchev–Trinajstić information content (AvgIpc) is 3.21. The number of amides is 1. The second-order valence-electron chi connectivity index (χ2n) is 6.80. The number of amidine groups is 2. The Kier molecular flexibility index (Phi) is 4.95. The molecule has 4 rings (SSSR count). The summed E-state index contributed by atoms with van der Waals surface area (Å²) in [5, 5.41) is 14.1. The van der Waals surface area contributed by atoms with E-state index in [0.29, 0.717) is 5.02 Å². The van der Waals surface area contributed by atoms with Crippen LogP contribution in [0.4, 0.5) is 0 Å². The molecule has 154 valence electrons. The van der Waals surface area contributed by atoms with Gasteiger partial charge in [0, 0.05) is 28.4 Å². The van der Waals surface area contributed by atoms with Gasteiger partial charge in [-0.05, 0) is 67.6 Å². The van der Waals surface area contributed by atoms with Crippen LogP contribution in [0.3, 0.4) is 0 Å². The summed E-state index contributed by atoms with van der Waals surface area (Å²) in [5.41, 5.74) is 3.51. The number of aromatic nitrogens is 1. The lowest BCUT2D eigenvalue weighted by Gasteiger charge is -2.20. The van der Waals surface area contributed by atoms with Crippen LogP contribution in [-0.2, 0) is 14.6 Å². The minimum Gasteiger partial charge on any atom is -0.318 e. The topological polar surface area (TPSA) is 108 Å². The summed E-state index contributed by atoms with van der Waals surface area (Å²) in [7, 11) is -3.57. The molecule has 2 aliphatic heterocycles. The number of rotatable bonds is 2. The molecule has 1 aromatic heterocycles. The number of benzene rings is 1. The van der Waals surface area contributed by atoms with Crippen molar-refractivity contribution in [3.8, 4) is 5.69 Å². The number of nitrogens with zero attached hydrogens (tertiary/aromatic N) is 4. The van der Waals surface area contributed by atoms with Crippen LogP contribution in [0.15, 0.2) is 46.0 Å². The molecule has 0 bridgehead atoms. The molecule has 0 atom stereocenters. The number of nitrogens with one attached hydrogen (secondary N) is 1. The zero-order valence-electron chi connectivity index (χ0n) is 16.2. The summed E-state index contributed by atoms with van der Waals surface area (Å²) in [6, 6.07) is 9.29. The van der Waals surface area contributed by atoms with Gasteiger partial charge in [0.1, 0.15) is 0 Å². The number of hydrogen-bond acceptors (Lipinski definition) is 6. The third kappa shape index (κ3) is 3.51. The number of hydrazone groups is 1. The van der Waals surface area contributed by atoms with E-state index >= 15 is 0 Å². The first-order valence-corrected chi connectivity index (χ1v) is 11.8. The highest BCUT2D eigenvalue weighted by Crippen LogP contribution is 2.31. The zero-order chi connectivity index (χ0) is 21.8. The Morgan fingerprint density at radius 2 is 1.87 bits per heavy atom. The van der Waals surface area contributed by atoms with Crippen LogP contribution in [0.25, 0.3) is 11.8 Å². The molecule has 0 saturated heterocycles. The predicted molar refractivity (Wildman–Crippen MR) is 120 cm³/mol. The Morgan fingerprint density at radius 1 is 1.20 bits per heavy atom. The van der Waals surface area contributed by atoms with Gasteiger partial charge in [0.25, 0.3) is 5.91 Å². The zero-order valence-corrected chi connectivity index (χ0v) is 18.6. The number of hydrogen-bond donors (Lipinski definition) is 1. The molecule has 0 radical (unpaired) electrons. The molecule has 8 nitrogen and oxygen atoms in total. The van der Waals surface area contributed by atoms with Gasteiger partial charge in [-0.2, -0.15) is 10.0 Å². The highest BCUT2D eigenvalue weighted by molar-refractivity contribution is 8.42. The van der Waals surface area contributed by atoms with Crippen molar-refractivity contribution in [2.75, 3.05) is 6.26 Å². The lowest BCUT2D eigenvalue weighted by molar-refractivity contribution is -0.114. The summed E-state index contributed by atoms with van der Waals surface area (Å²) < 4.78 is 25.3. The Hall–Kier alpha value is -2.69. The number of aliphatic imine (C=N–C) groups is 1. The highest BCUT2D eigenvalue weighted by atomic mass is 35.5. The normalized spacial score (nSPS) is 18.0. The number of fused-ring (bicyclic) bond motifs is 1. The van der Waals surface area contributed by atoms with Crippen LogP contribution in [0.5, 0.6) is 0 Å². The maximum Gasteiger partial charge on any atom is 0.283 e. The van der Waals surface area contributed by atoms with Crippen molar-refractivity contribution >= 4 is 60.6 Å². The summed E-state index contributed by atoms with van der Waals surface area (Å²) >= 11 is 6.74. The number of sulfone groups is 1. The molecule has 30 heavy (non-hydrogen) atoms. The molecule has 2 aromatic rings. The monoisotopic (exact) mass is 461 g/mol. The van der Waals surface area contributed by atoms with Crippen molar-refractivity contribution in [3.63, 3.8) is 0 Å². The van der Waals surface area contributed by atoms with E-state index in [0.717, 1.165) is 45.7 Å². The van der Waals surface area contributed by atoms with Gasteiger partial charge < -0.3 is 4.57 Å². The molecule has 1 amide bonds. The third-order valence-corrected chi connectivity index (χ3v) is 7.44. The molecule has 11 heteroatoms. The van der Waals surface area contributed by atoms with E-state index < -0.39 is 15.7 Å². The molecular weight excluding hydrogens is 446 g/mol. The first-order valence-electron chi connectivity index (χ1n) is 8.71. The van der Waals surface area contributed by atoms with Crippen molar-refractivity contribution in [1.82, 2.24) is 9.58 Å². The van der Waals surface area contributed by atoms with Crippen molar-refractivity contribution in [3.05, 3.63) is 57.9 Å². The fourth-order valence-corrected chi connectivity index (χ4v) is 5.01. The first kappa shape index (κ1) is 20.6. The predicted octanol–water partition coefficient (Wildman–Crippen LogP) is 3.37. The quantitative estimate of drug-likeness (QED) is 0.690. The summed E-state index contributed by atoms with van der Waals surface area (Å²) in [6.07, 6.45) is 2.60. The van der Waals surface area contributed by atoms with E-state index in [1.54, 1.807) is 18.2 Å². The third-order valence-electron chi connectivity index (χ3n) is 4.61. The Labute approximate surface area is 182 Å². The second kappa shape index (κ2) is 7.22. The van der Waals surface area contributed by atoms with Crippen LogP contribution in [0, 0.1) is 19.3 Å². The highest BCUT2D eigenvalue weighted by Gasteiger charge is 2.38. The van der Waals surface area contributed by atoms with E-state index in [-0.39, 0.29) is 21.0 Å². The van der Waals surface area contributed by atoms with Crippen LogP contribution in [0.2, 0.25) is 5.02 Å². The molecule has 0 saturated carbocycles. The maximum atomic E-state index is 12.6. The molecule has 3 heterocycles. The molecule has 0 unspecified atom stereocenters. The molecule has 0 fully saturated rings. The smallest absolute Gasteiger partial charge is 0.283 e. The molecule has 0 aliphatic carbocycles. The maximum absolute atomic E-state index is 12.6. The lowest BCUT2D eigenvalue weighted by atomic mass is 10.1. The minimum atomic E-state index is -3.57. The minimum absolute atomic E-state index is 0.0363. The van der Waals surface area contributed by atoms with Gasteiger partial charge in [-0.1, -0.05) is 11.6 Å². The van der Waals surface area contributed by atoms with Gasteiger partial charge in [-0.25, -0.2) is 8.42 Å². The Balaban J connectivity index is 1.75. The average molecular weight is 462 g/mol. The van der Waals surface area contributed by atoms with Gasteiger partial charge in [-0.15, -0.1) is 5.10 Å². The summed E-state index contributed by atoms with van der Waals surface area (Å²) in [6.45, 7) is 3.85. The summed E-state index contributed by atoms with van der Waals surface area (Å²) in [5.74, 6) is -0.826. The SMILES string of the molecule is Cc1cc(/C=C2\C(=N)N3N=C(S(C)(=O)=O)SC3=NC2=O)c(C)n1-c1ccc(Cl)cc1. The van der Waals surface area contributed by atoms with Crippen LogP contribution >= 0.6 is 23.4 Å². The van der Waals surface area contributed by atoms with Gasteiger partial charge in [-0.3, -0.25) is 10.2 Å². The van der Waals surface area contributed by atoms with E-state index in [9.17, 15) is 13.2 Å². The van der Waals surface area contributed by atoms with Crippen molar-refractivity contribution in [1.29, 1.82) is 5.41 Å². The number of carbonyl (C=O) groups is 1. The number of thioether (sulfide) groups is 1. The van der Waals surface area contributed by atoms with Gasteiger partial charge in [0.15, 0.2) is 5.84 Å². The Morgan fingerprint density at radius 3 is 2.50 bits per heavy atom. The molecule has 1 aromatic carbocycles. The standard InChI is InChI=1S/C19H16ClN5O3S2/c1-10-8-12(11(2)24(10)14-6-4-13(20)5-7-14)9-15-16(21)25-18(22-17(15)26)29-19(23-25)30(3,27)28/h4-9,21H,1-3H3/b15-9+,21-16?. The lowest BCUT2D eigenvalue weighted by Crippen LogP contribution is -2.35. The van der Waals surface area contributed by atoms with Gasteiger partial charge >= 0.3 is 0 Å². The molecular formula is C19H16ClN5O3S2. The van der Waals surface area contributed by atoms with Crippen molar-refractivity contribution in [2.24, 2.45) is 10.1 Å². The number of halogens is 1. The van der Waals surface area contributed by atoms with Gasteiger partial charge in [0.2, 0.25) is 19.4 Å². The second-order valence-corrected chi connectivity index (χ2v) is 10.4. The Bertz CT molecular complexity index is 1300. The first-order chi connectivity index (χ1) is 14.1. The molecule has 2 aliphatic rings. The van der Waals surface area contributed by atoms with Gasteiger partial charge in [0.05, 0.1) is 5.57 Å².